The molecule has 0 bridgehead atoms. The molecule has 0 fully saturated rings. The molecule has 102 valence electrons. The van der Waals surface area contributed by atoms with Gasteiger partial charge >= 0.3 is 0 Å². The molecular weight excluding hydrogens is 236 g/mol. The Balaban J connectivity index is 2.62. The molecule has 2 nitrogen and oxygen atoms in total. The van der Waals surface area contributed by atoms with Crippen LogP contribution in [-0.4, -0.2) is 18.6 Å². The number of nitrogens with two attached hydrogens (primary N) is 1. The lowest BCUT2D eigenvalue weighted by Gasteiger charge is -2.17. The van der Waals surface area contributed by atoms with E-state index in [1.165, 1.54) is 5.56 Å². The van der Waals surface area contributed by atoms with Gasteiger partial charge in [0.1, 0.15) is 18.9 Å². The molecule has 0 aliphatic rings. The van der Waals surface area contributed by atoms with Crippen molar-refractivity contribution in [1.82, 2.24) is 0 Å². The highest BCUT2D eigenvalue weighted by Gasteiger charge is 2.13. The van der Waals surface area contributed by atoms with Gasteiger partial charge in [-0.05, 0) is 51.5 Å². The van der Waals surface area contributed by atoms with E-state index in [2.05, 4.69) is 26.1 Å². The number of quaternary nitrogens is 1. The molecule has 0 saturated heterocycles. The SMILES string of the molecule is Cc1cc(C[NH2+]C(C)(C)C)ccc1OCC(F)F. The molecule has 0 radical (unpaired) electrons. The molecule has 0 spiro atoms. The van der Waals surface area contributed by atoms with Gasteiger partial charge in [-0.15, -0.1) is 0 Å². The van der Waals surface area contributed by atoms with Gasteiger partial charge in [0, 0.05) is 5.56 Å². The highest BCUT2D eigenvalue weighted by Crippen LogP contribution is 2.19. The topological polar surface area (TPSA) is 25.8 Å². The zero-order valence-electron chi connectivity index (χ0n) is 11.5. The Labute approximate surface area is 107 Å². The number of ether oxygens (including phenoxy) is 1. The van der Waals surface area contributed by atoms with Gasteiger partial charge in [-0.25, -0.2) is 8.78 Å². The number of halogens is 2. The number of aryl methyl sites for hydroxylation is 1. The van der Waals surface area contributed by atoms with Crippen molar-refractivity contribution < 1.29 is 18.8 Å². The van der Waals surface area contributed by atoms with Crippen LogP contribution in [0.2, 0.25) is 0 Å². The summed E-state index contributed by atoms with van der Waals surface area (Å²) in [6, 6.07) is 5.68. The maximum absolute atomic E-state index is 12.1. The quantitative estimate of drug-likeness (QED) is 0.862. The molecule has 0 amide bonds. The Morgan fingerprint density at radius 3 is 2.44 bits per heavy atom. The van der Waals surface area contributed by atoms with Crippen LogP contribution < -0.4 is 10.1 Å². The molecule has 0 aromatic heterocycles. The lowest BCUT2D eigenvalue weighted by Crippen LogP contribution is -2.92. The second kappa shape index (κ2) is 6.14. The van der Waals surface area contributed by atoms with Crippen molar-refractivity contribution in [2.45, 2.75) is 46.2 Å². The van der Waals surface area contributed by atoms with Crippen LogP contribution in [0.25, 0.3) is 0 Å². The van der Waals surface area contributed by atoms with Crippen molar-refractivity contribution in [2.75, 3.05) is 6.61 Å². The van der Waals surface area contributed by atoms with Crippen LogP contribution >= 0.6 is 0 Å². The summed E-state index contributed by atoms with van der Waals surface area (Å²) in [4.78, 5) is 0. The zero-order valence-corrected chi connectivity index (χ0v) is 11.5. The number of hydrogen-bond donors (Lipinski definition) is 1. The number of benzene rings is 1. The zero-order chi connectivity index (χ0) is 13.8. The van der Waals surface area contributed by atoms with E-state index in [9.17, 15) is 8.78 Å². The molecule has 4 heteroatoms. The summed E-state index contributed by atoms with van der Waals surface area (Å²) in [5, 5.41) is 2.24. The highest BCUT2D eigenvalue weighted by atomic mass is 19.3. The minimum Gasteiger partial charge on any atom is -0.487 e. The first-order valence-electron chi connectivity index (χ1n) is 6.13. The van der Waals surface area contributed by atoms with Gasteiger partial charge in [0.25, 0.3) is 6.43 Å². The van der Waals surface area contributed by atoms with Crippen molar-refractivity contribution in [3.8, 4) is 5.75 Å². The van der Waals surface area contributed by atoms with Crippen LogP contribution in [0.5, 0.6) is 5.75 Å². The van der Waals surface area contributed by atoms with Gasteiger partial charge in [-0.3, -0.25) is 0 Å². The Kier molecular flexibility index (Phi) is 5.08. The van der Waals surface area contributed by atoms with Crippen molar-refractivity contribution in [3.63, 3.8) is 0 Å². The maximum Gasteiger partial charge on any atom is 0.272 e. The van der Waals surface area contributed by atoms with Crippen LogP contribution in [0.3, 0.4) is 0 Å². The first-order chi connectivity index (χ1) is 8.28. The third-order valence-corrected chi connectivity index (χ3v) is 2.55. The summed E-state index contributed by atoms with van der Waals surface area (Å²) in [6.45, 7) is 8.66. The highest BCUT2D eigenvalue weighted by molar-refractivity contribution is 5.35. The van der Waals surface area contributed by atoms with E-state index in [1.54, 1.807) is 6.07 Å². The minimum absolute atomic E-state index is 0.179. The molecule has 0 aliphatic heterocycles. The van der Waals surface area contributed by atoms with Gasteiger partial charge in [-0.2, -0.15) is 0 Å². The van der Waals surface area contributed by atoms with Crippen LogP contribution in [0.15, 0.2) is 18.2 Å². The van der Waals surface area contributed by atoms with Crippen LogP contribution in [0.1, 0.15) is 31.9 Å². The molecule has 2 N–H and O–H groups in total. The van der Waals surface area contributed by atoms with E-state index >= 15 is 0 Å². The summed E-state index contributed by atoms with van der Waals surface area (Å²) in [7, 11) is 0. The summed E-state index contributed by atoms with van der Waals surface area (Å²) < 4.78 is 29.1. The van der Waals surface area contributed by atoms with E-state index in [4.69, 9.17) is 4.74 Å². The average molecular weight is 258 g/mol. The molecule has 1 rings (SSSR count). The second-order valence-electron chi connectivity index (χ2n) is 5.58. The van der Waals surface area contributed by atoms with Crippen molar-refractivity contribution in [1.29, 1.82) is 0 Å². The molecule has 18 heavy (non-hydrogen) atoms. The van der Waals surface area contributed by atoms with Crippen molar-refractivity contribution in [3.05, 3.63) is 29.3 Å². The Hall–Kier alpha value is -1.16. The van der Waals surface area contributed by atoms with E-state index in [1.807, 2.05) is 19.1 Å². The summed E-state index contributed by atoms with van der Waals surface area (Å²) in [5.74, 6) is 0.537. The number of alkyl halides is 2. The fourth-order valence-electron chi connectivity index (χ4n) is 1.58. The van der Waals surface area contributed by atoms with E-state index in [-0.39, 0.29) is 5.54 Å². The predicted octanol–water partition coefficient (Wildman–Crippen LogP) is 2.50. The summed E-state index contributed by atoms with van der Waals surface area (Å²) in [6.07, 6.45) is -2.43. The normalized spacial score (nSPS) is 11.9. The third-order valence-electron chi connectivity index (χ3n) is 2.55. The van der Waals surface area contributed by atoms with Crippen LogP contribution in [-0.2, 0) is 6.54 Å². The predicted molar refractivity (Wildman–Crippen MR) is 68.1 cm³/mol. The molecule has 0 atom stereocenters. The first-order valence-corrected chi connectivity index (χ1v) is 6.13. The first kappa shape index (κ1) is 14.9. The molecule has 0 heterocycles. The van der Waals surface area contributed by atoms with Gasteiger partial charge < -0.3 is 10.1 Å². The van der Waals surface area contributed by atoms with E-state index in [0.717, 1.165) is 12.1 Å². The maximum atomic E-state index is 12.1. The molecule has 0 aliphatic carbocycles. The van der Waals surface area contributed by atoms with Crippen LogP contribution in [0.4, 0.5) is 8.78 Å². The Morgan fingerprint density at radius 2 is 1.94 bits per heavy atom. The Morgan fingerprint density at radius 1 is 1.28 bits per heavy atom. The molecule has 1 aromatic carbocycles. The fourth-order valence-corrected chi connectivity index (χ4v) is 1.58. The monoisotopic (exact) mass is 258 g/mol. The molecule has 0 unspecified atom stereocenters. The molecule has 0 saturated carbocycles. The van der Waals surface area contributed by atoms with Gasteiger partial charge in [0.15, 0.2) is 0 Å². The number of rotatable bonds is 5. The summed E-state index contributed by atoms with van der Waals surface area (Å²) >= 11 is 0. The lowest BCUT2D eigenvalue weighted by atomic mass is 10.1. The van der Waals surface area contributed by atoms with Crippen LogP contribution in [0, 0.1) is 6.92 Å². The largest absolute Gasteiger partial charge is 0.487 e. The average Bonchev–Trinajstić information content (AvgIpc) is 2.24. The summed E-state index contributed by atoms with van der Waals surface area (Å²) in [5.41, 5.74) is 2.25. The van der Waals surface area contributed by atoms with E-state index < -0.39 is 13.0 Å². The second-order valence-corrected chi connectivity index (χ2v) is 5.58. The molecule has 1 aromatic rings. The standard InChI is InChI=1S/C14H21F2NO/c1-10-7-11(8-17-14(2,3)4)5-6-12(10)18-9-13(15)16/h5-7,13,17H,8-9H2,1-4H3/p+1. The lowest BCUT2D eigenvalue weighted by molar-refractivity contribution is -0.731. The fraction of sp³-hybridized carbons (Fsp3) is 0.571. The van der Waals surface area contributed by atoms with Crippen molar-refractivity contribution in [2.24, 2.45) is 0 Å². The van der Waals surface area contributed by atoms with Gasteiger partial charge in [0.05, 0.1) is 5.54 Å². The van der Waals surface area contributed by atoms with Gasteiger partial charge in [0.2, 0.25) is 0 Å². The molecular formula is C14H22F2NO+. The van der Waals surface area contributed by atoms with Gasteiger partial charge in [-0.1, -0.05) is 0 Å². The van der Waals surface area contributed by atoms with E-state index in [0.29, 0.717) is 5.75 Å². The van der Waals surface area contributed by atoms with Crippen molar-refractivity contribution >= 4 is 0 Å². The smallest absolute Gasteiger partial charge is 0.272 e. The third kappa shape index (κ3) is 5.45. The minimum atomic E-state index is -2.43. The number of hydrogen-bond acceptors (Lipinski definition) is 1. The Bertz CT molecular complexity index is 386.